The summed E-state index contributed by atoms with van der Waals surface area (Å²) in [6.07, 6.45) is 0. The summed E-state index contributed by atoms with van der Waals surface area (Å²) in [5.74, 6) is 0.210. The van der Waals surface area contributed by atoms with E-state index < -0.39 is 0 Å². The van der Waals surface area contributed by atoms with Crippen molar-refractivity contribution in [2.45, 2.75) is 0 Å². The van der Waals surface area contributed by atoms with Gasteiger partial charge in [0.25, 0.3) is 0 Å². The summed E-state index contributed by atoms with van der Waals surface area (Å²) in [5.41, 5.74) is 8.64. The first-order valence-electron chi connectivity index (χ1n) is 8.03. The average Bonchev–Trinajstić information content (AvgIpc) is 2.66. The molecule has 0 bridgehead atoms. The molecule has 0 aliphatic heterocycles. The molecule has 0 saturated carbocycles. The fraction of sp³-hybridized carbons (Fsp3) is 0.100. The second-order valence-electron chi connectivity index (χ2n) is 5.62. The maximum atomic E-state index is 9.52. The van der Waals surface area contributed by atoms with Crippen molar-refractivity contribution in [3.63, 3.8) is 0 Å². The summed E-state index contributed by atoms with van der Waals surface area (Å²) in [6, 6.07) is 16.3. The van der Waals surface area contributed by atoms with Crippen molar-refractivity contribution in [2.24, 2.45) is 5.73 Å². The lowest BCUT2D eigenvalue weighted by Crippen LogP contribution is -2.12. The van der Waals surface area contributed by atoms with Crippen molar-refractivity contribution < 1.29 is 4.74 Å². The smallest absolute Gasteiger partial charge is 0.232 e. The lowest BCUT2D eigenvalue weighted by molar-refractivity contribution is 0.315. The molecule has 0 aliphatic rings. The summed E-state index contributed by atoms with van der Waals surface area (Å²) < 4.78 is 5.56. The van der Waals surface area contributed by atoms with Crippen LogP contribution in [0.5, 0.6) is 5.88 Å². The Balaban J connectivity index is 2.26. The van der Waals surface area contributed by atoms with Gasteiger partial charge in [0, 0.05) is 27.7 Å². The molecule has 1 aromatic heterocycles. The van der Waals surface area contributed by atoms with Gasteiger partial charge in [0.05, 0.1) is 10.7 Å². The molecule has 136 valence electrons. The van der Waals surface area contributed by atoms with Crippen LogP contribution in [0, 0.1) is 11.3 Å². The Bertz CT molecular complexity index is 1010. The summed E-state index contributed by atoms with van der Waals surface area (Å²) in [7, 11) is 0. The second kappa shape index (κ2) is 8.60. The van der Waals surface area contributed by atoms with Gasteiger partial charge in [-0.05, 0) is 42.0 Å². The van der Waals surface area contributed by atoms with Crippen LogP contribution < -0.4 is 10.5 Å². The summed E-state index contributed by atoms with van der Waals surface area (Å²) in [6.45, 7) is 0.554. The van der Waals surface area contributed by atoms with E-state index in [2.05, 4.69) is 11.1 Å². The molecule has 7 heteroatoms. The van der Waals surface area contributed by atoms with Gasteiger partial charge in [0.2, 0.25) is 5.88 Å². The SMILES string of the molecule is N#Cc1cc(-c2ccc(Cl)cc2)c(-c2ccc(Cl)cc2Cl)nc1OCCN. The quantitative estimate of drug-likeness (QED) is 0.586. The number of nitrogens with zero attached hydrogens (tertiary/aromatic N) is 2. The maximum Gasteiger partial charge on any atom is 0.232 e. The summed E-state index contributed by atoms with van der Waals surface area (Å²) in [4.78, 5) is 4.58. The number of nitriles is 1. The molecule has 4 nitrogen and oxygen atoms in total. The van der Waals surface area contributed by atoms with Crippen LogP contribution in [-0.2, 0) is 0 Å². The zero-order valence-corrected chi connectivity index (χ0v) is 16.3. The average molecular weight is 419 g/mol. The van der Waals surface area contributed by atoms with E-state index in [0.29, 0.717) is 38.4 Å². The van der Waals surface area contributed by atoms with Crippen molar-refractivity contribution in [1.82, 2.24) is 4.98 Å². The fourth-order valence-electron chi connectivity index (χ4n) is 2.58. The lowest BCUT2D eigenvalue weighted by atomic mass is 9.97. The van der Waals surface area contributed by atoms with Crippen LogP contribution in [0.3, 0.4) is 0 Å². The van der Waals surface area contributed by atoms with E-state index in [-0.39, 0.29) is 12.5 Å². The Morgan fingerprint density at radius 3 is 2.30 bits per heavy atom. The Labute approximate surface area is 172 Å². The number of aromatic nitrogens is 1. The van der Waals surface area contributed by atoms with E-state index in [1.54, 1.807) is 36.4 Å². The number of rotatable bonds is 5. The monoisotopic (exact) mass is 417 g/mol. The number of hydrogen-bond donors (Lipinski definition) is 1. The molecule has 0 aliphatic carbocycles. The molecule has 0 fully saturated rings. The highest BCUT2D eigenvalue weighted by Gasteiger charge is 2.18. The fourth-order valence-corrected chi connectivity index (χ4v) is 3.20. The van der Waals surface area contributed by atoms with Gasteiger partial charge in [-0.3, -0.25) is 0 Å². The molecule has 0 unspecified atom stereocenters. The van der Waals surface area contributed by atoms with Crippen molar-refractivity contribution in [1.29, 1.82) is 5.26 Å². The molecule has 0 radical (unpaired) electrons. The molecule has 3 rings (SSSR count). The topological polar surface area (TPSA) is 71.9 Å². The largest absolute Gasteiger partial charge is 0.475 e. The van der Waals surface area contributed by atoms with E-state index in [0.717, 1.165) is 11.1 Å². The minimum absolute atomic E-state index is 0.210. The molecule has 0 amide bonds. The van der Waals surface area contributed by atoms with Crippen molar-refractivity contribution in [3.8, 4) is 34.3 Å². The first-order valence-corrected chi connectivity index (χ1v) is 9.16. The third-order valence-electron chi connectivity index (χ3n) is 3.81. The Kier molecular flexibility index (Phi) is 6.20. The van der Waals surface area contributed by atoms with Gasteiger partial charge >= 0.3 is 0 Å². The highest BCUT2D eigenvalue weighted by Crippen LogP contribution is 2.38. The molecule has 1 heterocycles. The normalized spacial score (nSPS) is 10.5. The molecule has 27 heavy (non-hydrogen) atoms. The van der Waals surface area contributed by atoms with Crippen molar-refractivity contribution in [2.75, 3.05) is 13.2 Å². The molecule has 2 N–H and O–H groups in total. The van der Waals surface area contributed by atoms with E-state index >= 15 is 0 Å². The first kappa shape index (κ1) is 19.5. The van der Waals surface area contributed by atoms with Crippen LogP contribution in [0.25, 0.3) is 22.4 Å². The van der Waals surface area contributed by atoms with Gasteiger partial charge in [-0.15, -0.1) is 0 Å². The van der Waals surface area contributed by atoms with Gasteiger partial charge in [0.15, 0.2) is 0 Å². The first-order chi connectivity index (χ1) is 13.0. The van der Waals surface area contributed by atoms with Gasteiger partial charge in [-0.25, -0.2) is 4.98 Å². The van der Waals surface area contributed by atoms with E-state index in [1.165, 1.54) is 0 Å². The number of benzene rings is 2. The molecular weight excluding hydrogens is 405 g/mol. The highest BCUT2D eigenvalue weighted by atomic mass is 35.5. The number of pyridine rings is 1. The van der Waals surface area contributed by atoms with E-state index in [9.17, 15) is 5.26 Å². The third kappa shape index (κ3) is 4.35. The zero-order chi connectivity index (χ0) is 19.4. The van der Waals surface area contributed by atoms with Gasteiger partial charge in [-0.1, -0.05) is 46.9 Å². The Hall–Kier alpha value is -2.29. The molecule has 2 aromatic carbocycles. The predicted molar refractivity (Wildman–Crippen MR) is 109 cm³/mol. The van der Waals surface area contributed by atoms with Crippen LogP contribution in [0.15, 0.2) is 48.5 Å². The van der Waals surface area contributed by atoms with Crippen LogP contribution in [0.1, 0.15) is 5.56 Å². The number of hydrogen-bond acceptors (Lipinski definition) is 4. The molecular formula is C20H14Cl3N3O. The second-order valence-corrected chi connectivity index (χ2v) is 6.90. The minimum atomic E-state index is 0.210. The van der Waals surface area contributed by atoms with Crippen LogP contribution in [0.2, 0.25) is 15.1 Å². The van der Waals surface area contributed by atoms with Crippen LogP contribution in [0.4, 0.5) is 0 Å². The summed E-state index contributed by atoms with van der Waals surface area (Å²) >= 11 is 18.4. The Morgan fingerprint density at radius 1 is 0.963 bits per heavy atom. The van der Waals surface area contributed by atoms with Crippen LogP contribution >= 0.6 is 34.8 Å². The van der Waals surface area contributed by atoms with Gasteiger partial charge in [0.1, 0.15) is 18.2 Å². The molecule has 0 spiro atoms. The predicted octanol–water partition coefficient (Wildman–Crippen LogP) is 5.58. The van der Waals surface area contributed by atoms with Gasteiger partial charge < -0.3 is 10.5 Å². The van der Waals surface area contributed by atoms with Crippen molar-refractivity contribution in [3.05, 3.63) is 69.2 Å². The number of halogens is 3. The number of nitrogens with two attached hydrogens (primary N) is 1. The third-order valence-corrected chi connectivity index (χ3v) is 4.61. The molecule has 0 atom stereocenters. The van der Waals surface area contributed by atoms with E-state index in [4.69, 9.17) is 45.3 Å². The van der Waals surface area contributed by atoms with Crippen LogP contribution in [-0.4, -0.2) is 18.1 Å². The number of ether oxygens (including phenoxy) is 1. The Morgan fingerprint density at radius 2 is 1.67 bits per heavy atom. The van der Waals surface area contributed by atoms with Crippen molar-refractivity contribution >= 4 is 34.8 Å². The molecule has 0 saturated heterocycles. The summed E-state index contributed by atoms with van der Waals surface area (Å²) in [5, 5.41) is 11.1. The maximum absolute atomic E-state index is 9.52. The standard InChI is InChI=1S/C20H14Cl3N3O/c21-14-3-1-12(2-4-14)17-9-13(11-25)20(27-8-7-24)26-19(17)16-6-5-15(22)10-18(16)23/h1-6,9-10H,7-8,24H2. The zero-order valence-electron chi connectivity index (χ0n) is 14.0. The molecule has 3 aromatic rings. The van der Waals surface area contributed by atoms with Gasteiger partial charge in [-0.2, -0.15) is 5.26 Å². The van der Waals surface area contributed by atoms with E-state index in [1.807, 2.05) is 12.1 Å². The highest BCUT2D eigenvalue weighted by molar-refractivity contribution is 6.36. The lowest BCUT2D eigenvalue weighted by Gasteiger charge is -2.15. The minimum Gasteiger partial charge on any atom is -0.475 e.